The number of carbonyl (C=O) groups is 6. The fraction of sp³-hybridized carbons (Fsp3) is 0.478. The molecule has 0 bridgehead atoms. The van der Waals surface area contributed by atoms with Crippen LogP contribution < -0.4 is 26.2 Å². The number of benzene rings is 3. The van der Waals surface area contributed by atoms with Crippen LogP contribution in [0, 0.1) is 0 Å². The molecule has 3 aliphatic rings. The Morgan fingerprint density at radius 1 is 0.636 bits per heavy atom. The van der Waals surface area contributed by atoms with Crippen molar-refractivity contribution >= 4 is 52.9 Å². The Hall–Kier alpha value is -6.41. The average Bonchev–Trinajstić information content (AvgIpc) is 4.10. The molecule has 17 nitrogen and oxygen atoms in total. The Morgan fingerprint density at radius 2 is 1.06 bits per heavy atom. The third kappa shape index (κ3) is 11.2. The molecule has 8 atom stereocenters. The summed E-state index contributed by atoms with van der Waals surface area (Å²) in [6, 6.07) is 14.8. The van der Waals surface area contributed by atoms with Gasteiger partial charge in [0.05, 0.1) is 37.0 Å². The number of carboxylic acid groups (broad SMARTS) is 1. The molecule has 3 saturated heterocycles. The van der Waals surface area contributed by atoms with Crippen molar-refractivity contribution in [3.63, 3.8) is 0 Å². The van der Waals surface area contributed by atoms with Gasteiger partial charge < -0.3 is 55.3 Å². The number of carbonyl (C=O) groups excluding carboxylic acids is 5. The maximum atomic E-state index is 13.7. The minimum atomic E-state index is -4.53. The molecule has 6 amide bonds. The highest BCUT2D eigenvalue weighted by atomic mass is 19.4. The van der Waals surface area contributed by atoms with E-state index < -0.39 is 83.9 Å². The number of alkyl carbamates (subject to hydrolysis) is 1. The van der Waals surface area contributed by atoms with Crippen LogP contribution in [0.4, 0.5) is 39.8 Å². The van der Waals surface area contributed by atoms with E-state index in [0.717, 1.165) is 23.3 Å². The number of alkyl halides is 3. The molecule has 0 aromatic heterocycles. The van der Waals surface area contributed by atoms with Crippen LogP contribution in [0.15, 0.2) is 72.8 Å². The maximum Gasteiger partial charge on any atom is 0.416 e. The number of hydrogen-bond acceptors (Lipinski definition) is 10. The van der Waals surface area contributed by atoms with Crippen LogP contribution in [0.1, 0.15) is 81.1 Å². The molecule has 3 aromatic carbocycles. The Bertz CT molecular complexity index is 2210. The number of ether oxygens (including phenoxy) is 3. The summed E-state index contributed by atoms with van der Waals surface area (Å²) in [7, 11) is 3.94. The molecular weight excluding hydrogens is 868 g/mol. The van der Waals surface area contributed by atoms with Crippen molar-refractivity contribution in [2.75, 3.05) is 50.0 Å². The summed E-state index contributed by atoms with van der Waals surface area (Å²) in [5.74, 6) is -1.89. The largest absolute Gasteiger partial charge is 0.465 e. The molecule has 0 spiro atoms. The van der Waals surface area contributed by atoms with Crippen LogP contribution in [0.3, 0.4) is 0 Å². The molecule has 0 aliphatic carbocycles. The van der Waals surface area contributed by atoms with E-state index >= 15 is 0 Å². The molecule has 5 N–H and O–H groups in total. The molecule has 3 aliphatic heterocycles. The van der Waals surface area contributed by atoms with Crippen molar-refractivity contribution in [2.24, 2.45) is 0 Å². The lowest BCUT2D eigenvalue weighted by molar-refractivity contribution is -0.141. The molecule has 3 fully saturated rings. The third-order valence-electron chi connectivity index (χ3n) is 12.6. The average molecular weight is 924 g/mol. The molecule has 66 heavy (non-hydrogen) atoms. The van der Waals surface area contributed by atoms with Gasteiger partial charge in [0.1, 0.15) is 24.2 Å². The second-order valence-electron chi connectivity index (χ2n) is 16.6. The van der Waals surface area contributed by atoms with E-state index in [1.807, 2.05) is 24.3 Å². The molecule has 0 radical (unpaired) electrons. The summed E-state index contributed by atoms with van der Waals surface area (Å²) in [5.41, 5.74) is 2.38. The van der Waals surface area contributed by atoms with Gasteiger partial charge in [-0.3, -0.25) is 19.2 Å². The van der Waals surface area contributed by atoms with E-state index in [2.05, 4.69) is 30.9 Å². The van der Waals surface area contributed by atoms with Crippen LogP contribution >= 0.6 is 0 Å². The first-order chi connectivity index (χ1) is 31.4. The molecular formula is C46H56F3N7O10. The monoisotopic (exact) mass is 923 g/mol. The second-order valence-corrected chi connectivity index (χ2v) is 16.6. The predicted octanol–water partition coefficient (Wildman–Crippen LogP) is 6.08. The van der Waals surface area contributed by atoms with Crippen molar-refractivity contribution in [3.8, 4) is 0 Å². The number of hydrogen-bond donors (Lipinski definition) is 5. The summed E-state index contributed by atoms with van der Waals surface area (Å²) in [6.45, 7) is 3.75. The van der Waals surface area contributed by atoms with Crippen molar-refractivity contribution in [1.29, 1.82) is 0 Å². The summed E-state index contributed by atoms with van der Waals surface area (Å²) in [5, 5.41) is 19.8. The van der Waals surface area contributed by atoms with Gasteiger partial charge in [0.15, 0.2) is 0 Å². The maximum absolute atomic E-state index is 13.7. The highest BCUT2D eigenvalue weighted by Gasteiger charge is 2.42. The van der Waals surface area contributed by atoms with Crippen molar-refractivity contribution in [2.45, 2.75) is 107 Å². The van der Waals surface area contributed by atoms with E-state index in [4.69, 9.17) is 9.47 Å². The number of likely N-dealkylation sites (tertiary alicyclic amines) is 2. The third-order valence-corrected chi connectivity index (χ3v) is 12.6. The minimum absolute atomic E-state index is 0.264. The van der Waals surface area contributed by atoms with E-state index in [0.29, 0.717) is 62.1 Å². The lowest BCUT2D eigenvalue weighted by atomic mass is 10.0. The topological polar surface area (TPSA) is 208 Å². The predicted molar refractivity (Wildman–Crippen MR) is 235 cm³/mol. The number of amides is 6. The molecule has 356 valence electrons. The number of anilines is 3. The van der Waals surface area contributed by atoms with Gasteiger partial charge in [0.2, 0.25) is 23.6 Å². The van der Waals surface area contributed by atoms with Gasteiger partial charge >= 0.3 is 18.4 Å². The zero-order valence-electron chi connectivity index (χ0n) is 37.3. The zero-order chi connectivity index (χ0) is 47.9. The second kappa shape index (κ2) is 21.3. The smallest absolute Gasteiger partial charge is 0.416 e. The van der Waals surface area contributed by atoms with Gasteiger partial charge in [-0.15, -0.1) is 0 Å². The van der Waals surface area contributed by atoms with Crippen molar-refractivity contribution in [1.82, 2.24) is 20.4 Å². The summed E-state index contributed by atoms with van der Waals surface area (Å²) >= 11 is 0. The number of nitrogens with zero attached hydrogens (tertiary/aromatic N) is 3. The normalized spacial score (nSPS) is 21.4. The molecule has 3 aromatic rings. The summed E-state index contributed by atoms with van der Waals surface area (Å²) in [4.78, 5) is 82.5. The first-order valence-corrected chi connectivity index (χ1v) is 21.7. The van der Waals surface area contributed by atoms with Crippen LogP contribution in [-0.2, 0) is 39.6 Å². The lowest BCUT2D eigenvalue weighted by Crippen LogP contribution is -2.56. The van der Waals surface area contributed by atoms with Crippen molar-refractivity contribution < 1.29 is 61.3 Å². The summed E-state index contributed by atoms with van der Waals surface area (Å²) < 4.78 is 56.2. The first kappa shape index (κ1) is 49.0. The Labute approximate surface area is 380 Å². The fourth-order valence-electron chi connectivity index (χ4n) is 8.99. The number of methoxy groups -OCH3 is 3. The number of nitrogens with one attached hydrogen (secondary N) is 4. The minimum Gasteiger partial charge on any atom is -0.465 e. The van der Waals surface area contributed by atoms with Crippen LogP contribution in [0.25, 0.3) is 0 Å². The van der Waals surface area contributed by atoms with Gasteiger partial charge in [-0.1, -0.05) is 24.3 Å². The standard InChI is InChI=1S/C46H56F3N7O10/c1-26(64-3)38(52-44(61)62)42(59)54-24-6-8-36(54)40(57)50-31-16-10-28(11-17-31)34-22-23-35(56(34)33-20-14-30(15-21-33)46(47,48)49)29-12-18-32(19-13-29)51-41(58)37-9-7-25-55(37)43(60)39(27(2)65-4)53-45(63)66-5/h10-21,26-27,34-39,52H,6-9,22-25H2,1-5H3,(H,50,57)(H,51,58)(H,53,63)(H,61,62)/t26-,27-,34+,35+,36-,37?,38-,39-/m0/s1. The summed E-state index contributed by atoms with van der Waals surface area (Å²) in [6.07, 6.45) is -5.08. The zero-order valence-corrected chi connectivity index (χ0v) is 37.3. The Morgan fingerprint density at radius 3 is 1.44 bits per heavy atom. The Balaban J connectivity index is 1.17. The van der Waals surface area contributed by atoms with Crippen LogP contribution in [0.5, 0.6) is 0 Å². The highest BCUT2D eigenvalue weighted by Crippen LogP contribution is 2.47. The molecule has 1 unspecified atom stereocenters. The number of halogens is 3. The lowest BCUT2D eigenvalue weighted by Gasteiger charge is -2.34. The fourth-order valence-corrected chi connectivity index (χ4v) is 8.99. The van der Waals surface area contributed by atoms with E-state index in [1.165, 1.54) is 43.3 Å². The Kier molecular flexibility index (Phi) is 15.8. The van der Waals surface area contributed by atoms with Gasteiger partial charge in [-0.25, -0.2) is 9.59 Å². The molecule has 3 heterocycles. The van der Waals surface area contributed by atoms with E-state index in [-0.39, 0.29) is 18.6 Å². The number of rotatable bonds is 15. The highest BCUT2D eigenvalue weighted by molar-refractivity contribution is 5.99. The van der Waals surface area contributed by atoms with E-state index in [9.17, 15) is 47.0 Å². The SMILES string of the molecule is COC(=O)N[C@H](C(=O)N1CCCC1C(=O)Nc1ccc([C@H]2CC[C@H](c3ccc(NC(=O)[C@@H]4CCCN4C(=O)[C@@H](NC(=O)O)[C@H](C)OC)cc3)N2c2ccc(C(F)(F)F)cc2)cc1)[C@H](C)OC. The van der Waals surface area contributed by atoms with Gasteiger partial charge in [-0.2, -0.15) is 13.2 Å². The van der Waals surface area contributed by atoms with Crippen molar-refractivity contribution in [3.05, 3.63) is 89.5 Å². The van der Waals surface area contributed by atoms with Gasteiger partial charge in [0.25, 0.3) is 0 Å². The molecule has 6 rings (SSSR count). The van der Waals surface area contributed by atoms with Crippen LogP contribution in [-0.4, -0.2) is 122 Å². The van der Waals surface area contributed by atoms with Crippen LogP contribution in [0.2, 0.25) is 0 Å². The van der Waals surface area contributed by atoms with Gasteiger partial charge in [-0.05, 0) is 112 Å². The van der Waals surface area contributed by atoms with Gasteiger partial charge in [0, 0.05) is 44.4 Å². The molecule has 20 heteroatoms. The first-order valence-electron chi connectivity index (χ1n) is 21.7. The quantitative estimate of drug-likeness (QED) is 0.118. The molecule has 0 saturated carbocycles. The van der Waals surface area contributed by atoms with E-state index in [1.54, 1.807) is 38.1 Å².